The summed E-state index contributed by atoms with van der Waals surface area (Å²) >= 11 is 0. The highest BCUT2D eigenvalue weighted by Gasteiger charge is 2.56. The largest absolute Gasteiger partial charge is 0.388 e. The zero-order valence-electron chi connectivity index (χ0n) is 6.36. The molecule has 0 spiro atoms. The van der Waals surface area contributed by atoms with Gasteiger partial charge in [0, 0.05) is 0 Å². The summed E-state index contributed by atoms with van der Waals surface area (Å²) < 4.78 is 10.4. The maximum absolute atomic E-state index is 9.42. The number of aliphatic hydroxyl groups is 2. The van der Waals surface area contributed by atoms with Crippen molar-refractivity contribution in [1.82, 2.24) is 0 Å². The van der Waals surface area contributed by atoms with E-state index in [1.165, 1.54) is 0 Å². The van der Waals surface area contributed by atoms with Crippen LogP contribution in [-0.4, -0.2) is 47.3 Å². The van der Waals surface area contributed by atoms with Crippen molar-refractivity contribution in [1.29, 1.82) is 0 Å². The first-order chi connectivity index (χ1) is 5.14. The van der Waals surface area contributed by atoms with Gasteiger partial charge in [-0.25, -0.2) is 0 Å². The van der Waals surface area contributed by atoms with Gasteiger partial charge >= 0.3 is 0 Å². The van der Waals surface area contributed by atoms with E-state index in [2.05, 4.69) is 0 Å². The third-order valence-electron chi connectivity index (χ3n) is 2.57. The molecular formula is C7H12O4. The van der Waals surface area contributed by atoms with Gasteiger partial charge in [-0.1, -0.05) is 0 Å². The fourth-order valence-electron chi connectivity index (χ4n) is 1.74. The van der Waals surface area contributed by atoms with Crippen LogP contribution in [0.2, 0.25) is 0 Å². The predicted molar refractivity (Wildman–Crippen MR) is 36.1 cm³/mol. The van der Waals surface area contributed by atoms with E-state index in [4.69, 9.17) is 9.47 Å². The maximum atomic E-state index is 9.42. The Morgan fingerprint density at radius 3 is 2.73 bits per heavy atom. The van der Waals surface area contributed by atoms with Crippen molar-refractivity contribution in [3.63, 3.8) is 0 Å². The third-order valence-corrected chi connectivity index (χ3v) is 2.57. The average molecular weight is 160 g/mol. The fraction of sp³-hybridized carbons (Fsp3) is 1.00. The van der Waals surface area contributed by atoms with Gasteiger partial charge in [-0.05, 0) is 6.92 Å². The van der Waals surface area contributed by atoms with Gasteiger partial charge < -0.3 is 19.7 Å². The van der Waals surface area contributed by atoms with Crippen LogP contribution in [0.25, 0.3) is 0 Å². The molecule has 2 unspecified atom stereocenters. The van der Waals surface area contributed by atoms with Crippen molar-refractivity contribution in [3.05, 3.63) is 0 Å². The SMILES string of the molecule is C[C@]12OCC(O)[C@H]1OCC2O. The van der Waals surface area contributed by atoms with Gasteiger partial charge in [-0.2, -0.15) is 0 Å². The molecule has 0 radical (unpaired) electrons. The Morgan fingerprint density at radius 1 is 1.36 bits per heavy atom. The van der Waals surface area contributed by atoms with E-state index in [9.17, 15) is 10.2 Å². The van der Waals surface area contributed by atoms with Crippen LogP contribution in [0, 0.1) is 0 Å². The zero-order valence-corrected chi connectivity index (χ0v) is 6.36. The normalized spacial score (nSPS) is 56.5. The predicted octanol–water partition coefficient (Wildman–Crippen LogP) is -1.10. The number of rotatable bonds is 0. The van der Waals surface area contributed by atoms with Crippen LogP contribution >= 0.6 is 0 Å². The number of ether oxygens (including phenoxy) is 2. The molecule has 0 aromatic heterocycles. The molecule has 2 N–H and O–H groups in total. The molecule has 0 aromatic carbocycles. The van der Waals surface area contributed by atoms with Gasteiger partial charge in [0.05, 0.1) is 13.2 Å². The first-order valence-corrected chi connectivity index (χ1v) is 3.76. The second-order valence-electron chi connectivity index (χ2n) is 3.33. The number of hydrogen-bond donors (Lipinski definition) is 2. The molecule has 0 amide bonds. The Kier molecular flexibility index (Phi) is 1.47. The molecule has 64 valence electrons. The molecule has 0 aliphatic carbocycles. The molecule has 2 aliphatic heterocycles. The lowest BCUT2D eigenvalue weighted by Crippen LogP contribution is -2.43. The Morgan fingerprint density at radius 2 is 2.09 bits per heavy atom. The van der Waals surface area contributed by atoms with E-state index in [-0.39, 0.29) is 19.3 Å². The number of hydrogen-bond acceptors (Lipinski definition) is 4. The highest BCUT2D eigenvalue weighted by Crippen LogP contribution is 2.36. The molecule has 2 heterocycles. The lowest BCUT2D eigenvalue weighted by Gasteiger charge is -2.24. The second kappa shape index (κ2) is 2.17. The van der Waals surface area contributed by atoms with Crippen molar-refractivity contribution >= 4 is 0 Å². The maximum Gasteiger partial charge on any atom is 0.122 e. The molecule has 2 fully saturated rings. The monoisotopic (exact) mass is 160 g/mol. The highest BCUT2D eigenvalue weighted by molar-refractivity contribution is 5.04. The van der Waals surface area contributed by atoms with Gasteiger partial charge in [-0.15, -0.1) is 0 Å². The summed E-state index contributed by atoms with van der Waals surface area (Å²) in [6.45, 7) is 2.29. The standard InChI is InChI=1S/C7H12O4/c1-7-5(9)3-10-6(7)4(8)2-11-7/h4-6,8-9H,2-3H2,1H3/t4?,5?,6-,7-/m1/s1. The van der Waals surface area contributed by atoms with Gasteiger partial charge in [-0.3, -0.25) is 0 Å². The van der Waals surface area contributed by atoms with Crippen LogP contribution in [0.1, 0.15) is 6.92 Å². The Balaban J connectivity index is 2.23. The molecule has 4 atom stereocenters. The molecule has 2 rings (SSSR count). The van der Waals surface area contributed by atoms with E-state index in [1.54, 1.807) is 6.92 Å². The quantitative estimate of drug-likeness (QED) is 0.472. The lowest BCUT2D eigenvalue weighted by molar-refractivity contribution is -0.0621. The second-order valence-corrected chi connectivity index (χ2v) is 3.33. The van der Waals surface area contributed by atoms with Crippen LogP contribution in [0.5, 0.6) is 0 Å². The summed E-state index contributed by atoms with van der Waals surface area (Å²) in [5.74, 6) is 0. The average Bonchev–Trinajstić information content (AvgIpc) is 2.39. The highest BCUT2D eigenvalue weighted by atomic mass is 16.6. The van der Waals surface area contributed by atoms with E-state index < -0.39 is 17.8 Å². The lowest BCUT2D eigenvalue weighted by atomic mass is 9.95. The fourth-order valence-corrected chi connectivity index (χ4v) is 1.74. The van der Waals surface area contributed by atoms with Crippen molar-refractivity contribution in [2.45, 2.75) is 30.8 Å². The molecule has 0 bridgehead atoms. The first-order valence-electron chi connectivity index (χ1n) is 3.76. The minimum absolute atomic E-state index is 0.262. The van der Waals surface area contributed by atoms with Gasteiger partial charge in [0.2, 0.25) is 0 Å². The smallest absolute Gasteiger partial charge is 0.122 e. The molecule has 4 nitrogen and oxygen atoms in total. The van der Waals surface area contributed by atoms with E-state index >= 15 is 0 Å². The van der Waals surface area contributed by atoms with Crippen LogP contribution in [0.4, 0.5) is 0 Å². The van der Waals surface area contributed by atoms with Crippen molar-refractivity contribution in [2.24, 2.45) is 0 Å². The van der Waals surface area contributed by atoms with Crippen LogP contribution in [0.3, 0.4) is 0 Å². The summed E-state index contributed by atoms with van der Waals surface area (Å²) in [5, 5.41) is 18.7. The molecule has 0 saturated carbocycles. The molecule has 2 aliphatic rings. The third kappa shape index (κ3) is 0.840. The molecule has 2 saturated heterocycles. The minimum Gasteiger partial charge on any atom is -0.388 e. The van der Waals surface area contributed by atoms with Crippen molar-refractivity contribution < 1.29 is 19.7 Å². The topological polar surface area (TPSA) is 58.9 Å². The summed E-state index contributed by atoms with van der Waals surface area (Å²) in [5.41, 5.74) is -0.681. The molecular weight excluding hydrogens is 148 g/mol. The molecule has 0 aromatic rings. The summed E-state index contributed by atoms with van der Waals surface area (Å²) in [6.07, 6.45) is -1.54. The van der Waals surface area contributed by atoms with Crippen molar-refractivity contribution in [2.75, 3.05) is 13.2 Å². The minimum atomic E-state index is -0.681. The van der Waals surface area contributed by atoms with Crippen LogP contribution < -0.4 is 0 Å². The van der Waals surface area contributed by atoms with Crippen LogP contribution in [0.15, 0.2) is 0 Å². The van der Waals surface area contributed by atoms with Crippen molar-refractivity contribution in [3.8, 4) is 0 Å². The molecule has 4 heteroatoms. The van der Waals surface area contributed by atoms with E-state index in [0.29, 0.717) is 0 Å². The summed E-state index contributed by atoms with van der Waals surface area (Å²) in [6, 6.07) is 0. The van der Waals surface area contributed by atoms with Crippen LogP contribution in [-0.2, 0) is 9.47 Å². The van der Waals surface area contributed by atoms with E-state index in [0.717, 1.165) is 0 Å². The van der Waals surface area contributed by atoms with Gasteiger partial charge in [0.25, 0.3) is 0 Å². The number of aliphatic hydroxyl groups excluding tert-OH is 2. The van der Waals surface area contributed by atoms with Gasteiger partial charge in [0.1, 0.15) is 23.9 Å². The zero-order chi connectivity index (χ0) is 8.06. The molecule has 11 heavy (non-hydrogen) atoms. The number of fused-ring (bicyclic) bond motifs is 1. The summed E-state index contributed by atoms with van der Waals surface area (Å²) in [4.78, 5) is 0. The Labute approximate surface area is 64.7 Å². The van der Waals surface area contributed by atoms with E-state index in [1.807, 2.05) is 0 Å². The first kappa shape index (κ1) is 7.49. The summed E-state index contributed by atoms with van der Waals surface area (Å²) in [7, 11) is 0. The Hall–Kier alpha value is -0.160. The Bertz CT molecular complexity index is 172. The van der Waals surface area contributed by atoms with Gasteiger partial charge in [0.15, 0.2) is 0 Å².